The molecule has 6 aromatic rings. The molecule has 12 nitrogen and oxygen atoms in total. The summed E-state index contributed by atoms with van der Waals surface area (Å²) >= 11 is 13.3. The van der Waals surface area contributed by atoms with Crippen molar-refractivity contribution in [1.82, 2.24) is 39.1 Å². The van der Waals surface area contributed by atoms with E-state index in [2.05, 4.69) is 36.3 Å². The maximum atomic E-state index is 14.9. The number of benzene rings is 2. The summed E-state index contributed by atoms with van der Waals surface area (Å²) in [4.78, 5) is 8.67. The molecule has 53 heavy (non-hydrogen) atoms. The van der Waals surface area contributed by atoms with E-state index in [0.29, 0.717) is 15.5 Å². The first-order valence-corrected chi connectivity index (χ1v) is 17.6. The van der Waals surface area contributed by atoms with E-state index in [0.717, 1.165) is 45.7 Å². The van der Waals surface area contributed by atoms with Crippen LogP contribution in [0.1, 0.15) is 41.5 Å². The molecule has 278 valence electrons. The molecule has 0 atom stereocenters. The van der Waals surface area contributed by atoms with E-state index in [1.807, 2.05) is 54.2 Å². The number of alkyl halides is 2. The van der Waals surface area contributed by atoms with Crippen molar-refractivity contribution in [1.29, 1.82) is 0 Å². The van der Waals surface area contributed by atoms with Gasteiger partial charge in [0, 0.05) is 80.0 Å². The summed E-state index contributed by atoms with van der Waals surface area (Å²) in [5, 5.41) is 28.0. The molecule has 19 heteroatoms. The average molecular weight is 862 g/mol. The Morgan fingerprint density at radius 1 is 0.830 bits per heavy atom. The van der Waals surface area contributed by atoms with E-state index in [1.54, 1.807) is 64.3 Å². The van der Waals surface area contributed by atoms with E-state index in [9.17, 15) is 8.78 Å². The normalized spacial score (nSPS) is 14.2. The molecule has 0 bridgehead atoms. The maximum Gasteiger partial charge on any atom is 1.00 e. The van der Waals surface area contributed by atoms with Gasteiger partial charge in [-0.2, -0.15) is 20.4 Å². The number of hydrogen-bond donors (Lipinski definition) is 0. The zero-order valence-corrected chi connectivity index (χ0v) is 37.6. The van der Waals surface area contributed by atoms with Gasteiger partial charge in [0.25, 0.3) is 0 Å². The number of aromatic nitrogens is 8. The van der Waals surface area contributed by atoms with Crippen LogP contribution in [-0.2, 0) is 42.3 Å². The van der Waals surface area contributed by atoms with E-state index in [4.69, 9.17) is 42.4 Å². The fraction of sp³-hybridized carbons (Fsp3) is 0.382. The third-order valence-electron chi connectivity index (χ3n) is 8.32. The number of rotatable bonds is 3. The molecule has 1 fully saturated rings. The topological polar surface area (TPSA) is 130 Å². The summed E-state index contributed by atoms with van der Waals surface area (Å²) in [5.74, 6) is -1.74. The number of nitrogens with zero attached hydrogens (tertiary/aromatic N) is 8. The maximum absolute atomic E-state index is 14.9. The summed E-state index contributed by atoms with van der Waals surface area (Å²) in [6, 6.07) is 6.50. The van der Waals surface area contributed by atoms with Gasteiger partial charge in [-0.1, -0.05) is 0 Å². The Hall–Kier alpha value is -2.19. The molecule has 7 rings (SSSR count). The molecule has 0 unspecified atom stereocenters. The molecule has 0 radical (unpaired) electrons. The van der Waals surface area contributed by atoms with Crippen molar-refractivity contribution < 1.29 is 79.4 Å². The number of halogens is 5. The molecule has 0 amide bonds. The third-order valence-corrected chi connectivity index (χ3v) is 8.93. The summed E-state index contributed by atoms with van der Waals surface area (Å²) in [6.07, 6.45) is 7.28. The van der Waals surface area contributed by atoms with Crippen LogP contribution < -0.4 is 62.0 Å². The monoisotopic (exact) mass is 860 g/mol. The van der Waals surface area contributed by atoms with Gasteiger partial charge >= 0.3 is 58.5 Å². The zero-order chi connectivity index (χ0) is 38.9. The Balaban J connectivity index is 0.000000243. The Kier molecular flexibility index (Phi) is 15.5. The van der Waals surface area contributed by atoms with Crippen LogP contribution in [0.4, 0.5) is 8.78 Å². The van der Waals surface area contributed by atoms with Crippen molar-refractivity contribution in [2.45, 2.75) is 57.6 Å². The van der Waals surface area contributed by atoms with Gasteiger partial charge in [-0.15, -0.1) is 23.2 Å². The second-order valence-corrected chi connectivity index (χ2v) is 15.4. The first-order chi connectivity index (χ1) is 24.1. The van der Waals surface area contributed by atoms with Gasteiger partial charge in [0.2, 0.25) is 0 Å². The predicted molar refractivity (Wildman–Crippen MR) is 201 cm³/mol. The quantitative estimate of drug-likeness (QED) is 0.197. The average Bonchev–Trinajstić information content (AvgIpc) is 3.82. The van der Waals surface area contributed by atoms with Gasteiger partial charge in [0.05, 0.1) is 39.1 Å². The second-order valence-electron chi connectivity index (χ2n) is 13.0. The molecule has 1 aliphatic heterocycles. The summed E-state index contributed by atoms with van der Waals surface area (Å²) < 4.78 is 47.7. The number of carboxylic acid groups (broad SMARTS) is 1. The molecular weight excluding hydrogens is 823 g/mol. The Morgan fingerprint density at radius 2 is 1.21 bits per heavy atom. The van der Waals surface area contributed by atoms with Crippen LogP contribution in [0.5, 0.6) is 0 Å². The van der Waals surface area contributed by atoms with Gasteiger partial charge in [0.15, 0.2) is 0 Å². The first-order valence-electron chi connectivity index (χ1n) is 15.9. The number of carbonyl (C=O) groups excluding carboxylic acids is 1. The number of aliphatic carboxylic acids is 1. The molecule has 0 spiro atoms. The number of carboxylic acids is 1. The molecule has 1 saturated heterocycles. The summed E-state index contributed by atoms with van der Waals surface area (Å²) in [7, 11) is 6.55. The number of hydrogen-bond acceptors (Lipinski definition) is 8. The minimum absolute atomic E-state index is 0. The Labute approximate surface area is 367 Å². The SMILES string of the molecule is CC(=O)[O-].CC(Cl)Cl.Cn1cc(-c2nn(C)c3cc(F)c(B4OC(C)(C)C(C)(C)O4)cc23)cn1.Cn1cc(-c2nn(C)c3cc(F)c(Br)cc23)cn1.[K+]. The van der Waals surface area contributed by atoms with Crippen molar-refractivity contribution in [2.24, 2.45) is 28.2 Å². The van der Waals surface area contributed by atoms with Crippen LogP contribution in [0.2, 0.25) is 0 Å². The van der Waals surface area contributed by atoms with Crippen molar-refractivity contribution in [3.8, 4) is 22.5 Å². The zero-order valence-electron chi connectivity index (χ0n) is 31.4. The Bertz CT molecular complexity index is 2200. The Morgan fingerprint density at radius 3 is 1.58 bits per heavy atom. The van der Waals surface area contributed by atoms with E-state index in [1.165, 1.54) is 12.1 Å². The van der Waals surface area contributed by atoms with Gasteiger partial charge < -0.3 is 19.2 Å². The van der Waals surface area contributed by atoms with Crippen LogP contribution in [0.3, 0.4) is 0 Å². The van der Waals surface area contributed by atoms with Gasteiger partial charge in [-0.3, -0.25) is 18.7 Å². The van der Waals surface area contributed by atoms with Crippen LogP contribution in [0.25, 0.3) is 44.3 Å². The van der Waals surface area contributed by atoms with Crippen LogP contribution in [0, 0.1) is 11.6 Å². The predicted octanol–water partition coefficient (Wildman–Crippen LogP) is 2.86. The fourth-order valence-electron chi connectivity index (χ4n) is 5.21. The van der Waals surface area contributed by atoms with Crippen molar-refractivity contribution >= 4 is 79.5 Å². The number of carbonyl (C=O) groups is 1. The van der Waals surface area contributed by atoms with Crippen LogP contribution in [0.15, 0.2) is 53.5 Å². The molecule has 0 N–H and O–H groups in total. The van der Waals surface area contributed by atoms with E-state index in [-0.39, 0.29) is 67.9 Å². The molecule has 0 aliphatic carbocycles. The molecule has 0 saturated carbocycles. The van der Waals surface area contributed by atoms with Gasteiger partial charge in [0.1, 0.15) is 27.9 Å². The van der Waals surface area contributed by atoms with Crippen LogP contribution >= 0.6 is 39.1 Å². The van der Waals surface area contributed by atoms with Gasteiger partial charge in [-0.05, 0) is 75.7 Å². The van der Waals surface area contributed by atoms with Crippen molar-refractivity contribution in [2.75, 3.05) is 0 Å². The van der Waals surface area contributed by atoms with E-state index < -0.39 is 24.3 Å². The standard InChI is InChI=1S/C18H22BFN4O2.C12H10BrFN4.C2H4Cl2.C2H4O2.K/c1-17(2)18(3,4)26-19(25-17)13-7-12-15(8-14(13)20)24(6)22-16(12)11-9-21-23(5)10-11;1-17-6-7(5-15-17)12-8-3-9(13)10(14)4-11(8)18(2)16-12;2*1-2(3)4;/h7-10H,1-6H3;3-6H,1-2H3;2H,1H3;1H3,(H,3,4);/q;;;;+1/p-1. The van der Waals surface area contributed by atoms with Crippen molar-refractivity contribution in [3.63, 3.8) is 0 Å². The minimum atomic E-state index is -1.08. The fourth-order valence-corrected chi connectivity index (χ4v) is 5.55. The van der Waals surface area contributed by atoms with E-state index >= 15 is 0 Å². The number of fused-ring (bicyclic) bond motifs is 2. The smallest absolute Gasteiger partial charge is 0.550 e. The minimum Gasteiger partial charge on any atom is -0.550 e. The third kappa shape index (κ3) is 10.8. The first kappa shape index (κ1) is 45.2. The molecule has 5 heterocycles. The molecule has 4 aromatic heterocycles. The summed E-state index contributed by atoms with van der Waals surface area (Å²) in [5.41, 5.74) is 4.16. The van der Waals surface area contributed by atoms with Crippen molar-refractivity contribution in [3.05, 3.63) is 65.2 Å². The molecule has 1 aliphatic rings. The summed E-state index contributed by atoms with van der Waals surface area (Å²) in [6.45, 7) is 10.5. The molecule has 2 aromatic carbocycles. The van der Waals surface area contributed by atoms with Gasteiger partial charge in [-0.25, -0.2) is 8.78 Å². The number of aryl methyl sites for hydroxylation is 4. The largest absolute Gasteiger partial charge is 1.00 e. The second kappa shape index (κ2) is 18.2. The molecular formula is C34H39BBrCl2F2KN8O4. The van der Waals surface area contributed by atoms with Crippen LogP contribution in [-0.4, -0.2) is 68.2 Å².